The zero-order chi connectivity index (χ0) is 7.84. The lowest BCUT2D eigenvalue weighted by molar-refractivity contribution is 0.478. The Morgan fingerprint density at radius 3 is 3.00 bits per heavy atom. The van der Waals surface area contributed by atoms with Crippen molar-refractivity contribution in [3.8, 4) is 5.75 Å². The molecule has 0 unspecified atom stereocenters. The van der Waals surface area contributed by atoms with E-state index >= 15 is 0 Å². The van der Waals surface area contributed by atoms with Crippen molar-refractivity contribution in [2.24, 2.45) is 7.05 Å². The van der Waals surface area contributed by atoms with Gasteiger partial charge in [-0.1, -0.05) is 12.1 Å². The van der Waals surface area contributed by atoms with Crippen molar-refractivity contribution in [2.75, 3.05) is 0 Å². The van der Waals surface area contributed by atoms with Gasteiger partial charge in [0.2, 0.25) is 0 Å². The van der Waals surface area contributed by atoms with Crippen LogP contribution in [0.15, 0.2) is 24.4 Å². The standard InChI is InChI=1S/C8H8N2O/c1-10-8-6(5-9-10)3-2-4-7(8)11/h2-5,11H,1H3. The molecule has 56 valence electrons. The molecule has 1 aromatic carbocycles. The molecular weight excluding hydrogens is 140 g/mol. The number of phenols is 1. The highest BCUT2D eigenvalue weighted by Gasteiger charge is 2.01. The number of aromatic hydroxyl groups is 1. The third-order valence-corrected chi connectivity index (χ3v) is 1.74. The van der Waals surface area contributed by atoms with Gasteiger partial charge in [0.25, 0.3) is 0 Å². The van der Waals surface area contributed by atoms with E-state index in [1.807, 2.05) is 13.1 Å². The molecule has 0 aliphatic rings. The zero-order valence-electron chi connectivity index (χ0n) is 6.15. The smallest absolute Gasteiger partial charge is 0.141 e. The van der Waals surface area contributed by atoms with Crippen LogP contribution in [0.3, 0.4) is 0 Å². The van der Waals surface area contributed by atoms with E-state index in [9.17, 15) is 5.11 Å². The number of fused-ring (bicyclic) bond motifs is 1. The highest BCUT2D eigenvalue weighted by molar-refractivity contribution is 5.84. The number of para-hydroxylation sites is 1. The summed E-state index contributed by atoms with van der Waals surface area (Å²) in [5.41, 5.74) is 0.785. The summed E-state index contributed by atoms with van der Waals surface area (Å²) < 4.78 is 1.66. The molecule has 3 heteroatoms. The third kappa shape index (κ3) is 0.774. The highest BCUT2D eigenvalue weighted by atomic mass is 16.3. The van der Waals surface area contributed by atoms with Crippen LogP contribution in [0.2, 0.25) is 0 Å². The molecule has 0 radical (unpaired) electrons. The van der Waals surface area contributed by atoms with Crippen LogP contribution in [0.1, 0.15) is 0 Å². The first-order chi connectivity index (χ1) is 5.29. The van der Waals surface area contributed by atoms with Gasteiger partial charge in [-0.3, -0.25) is 4.68 Å². The zero-order valence-corrected chi connectivity index (χ0v) is 6.15. The van der Waals surface area contributed by atoms with Crippen LogP contribution in [0, 0.1) is 0 Å². The molecule has 2 aromatic rings. The summed E-state index contributed by atoms with van der Waals surface area (Å²) in [5.74, 6) is 0.280. The maximum Gasteiger partial charge on any atom is 0.141 e. The molecule has 0 amide bonds. The number of rotatable bonds is 0. The number of aromatic nitrogens is 2. The van der Waals surface area contributed by atoms with Crippen molar-refractivity contribution in [3.05, 3.63) is 24.4 Å². The molecule has 11 heavy (non-hydrogen) atoms. The highest BCUT2D eigenvalue weighted by Crippen LogP contribution is 2.22. The summed E-state index contributed by atoms with van der Waals surface area (Å²) in [5, 5.41) is 14.4. The second kappa shape index (κ2) is 1.99. The number of phenolic OH excluding ortho intramolecular Hbond substituents is 1. The maximum absolute atomic E-state index is 9.38. The summed E-state index contributed by atoms with van der Waals surface area (Å²) in [6, 6.07) is 5.38. The van der Waals surface area contributed by atoms with E-state index in [0.29, 0.717) is 0 Å². The first-order valence-electron chi connectivity index (χ1n) is 3.39. The Hall–Kier alpha value is -1.51. The van der Waals surface area contributed by atoms with Crippen LogP contribution >= 0.6 is 0 Å². The van der Waals surface area contributed by atoms with E-state index in [4.69, 9.17) is 0 Å². The van der Waals surface area contributed by atoms with E-state index in [0.717, 1.165) is 10.9 Å². The molecule has 0 bridgehead atoms. The number of aryl methyl sites for hydroxylation is 1. The Kier molecular flexibility index (Phi) is 1.12. The molecule has 0 aliphatic heterocycles. The maximum atomic E-state index is 9.38. The molecule has 0 saturated heterocycles. The Bertz CT molecular complexity index is 392. The predicted octanol–water partition coefficient (Wildman–Crippen LogP) is 1.28. The summed E-state index contributed by atoms with van der Waals surface area (Å²) in [6.45, 7) is 0. The van der Waals surface area contributed by atoms with Gasteiger partial charge in [0.05, 0.1) is 6.20 Å². The predicted molar refractivity (Wildman–Crippen MR) is 42.4 cm³/mol. The fraction of sp³-hybridized carbons (Fsp3) is 0.125. The molecule has 3 nitrogen and oxygen atoms in total. The first kappa shape index (κ1) is 6.22. The number of hydrogen-bond donors (Lipinski definition) is 1. The molecule has 0 spiro atoms. The van der Waals surface area contributed by atoms with Crippen molar-refractivity contribution >= 4 is 10.9 Å². The minimum absolute atomic E-state index is 0.280. The molecule has 0 fully saturated rings. The van der Waals surface area contributed by atoms with Crippen LogP contribution in [0.5, 0.6) is 5.75 Å². The van der Waals surface area contributed by atoms with E-state index in [1.54, 1.807) is 23.0 Å². The van der Waals surface area contributed by atoms with Crippen molar-refractivity contribution in [3.63, 3.8) is 0 Å². The van der Waals surface area contributed by atoms with Gasteiger partial charge in [-0.15, -0.1) is 0 Å². The average molecular weight is 148 g/mol. The van der Waals surface area contributed by atoms with Gasteiger partial charge in [0.15, 0.2) is 0 Å². The quantitative estimate of drug-likeness (QED) is 0.611. The van der Waals surface area contributed by atoms with Gasteiger partial charge in [-0.2, -0.15) is 5.10 Å². The minimum Gasteiger partial charge on any atom is -0.506 e. The van der Waals surface area contributed by atoms with Crippen molar-refractivity contribution in [2.45, 2.75) is 0 Å². The van der Waals surface area contributed by atoms with Crippen molar-refractivity contribution in [1.82, 2.24) is 9.78 Å². The Morgan fingerprint density at radius 2 is 2.27 bits per heavy atom. The van der Waals surface area contributed by atoms with Gasteiger partial charge in [0.1, 0.15) is 11.3 Å². The third-order valence-electron chi connectivity index (χ3n) is 1.74. The summed E-state index contributed by atoms with van der Waals surface area (Å²) in [7, 11) is 1.81. The lowest BCUT2D eigenvalue weighted by atomic mass is 10.2. The fourth-order valence-corrected chi connectivity index (χ4v) is 1.21. The SMILES string of the molecule is Cn1ncc2cccc(O)c21. The first-order valence-corrected chi connectivity index (χ1v) is 3.39. The van der Waals surface area contributed by atoms with Crippen LogP contribution in [-0.2, 0) is 7.05 Å². The van der Waals surface area contributed by atoms with E-state index in [-0.39, 0.29) is 5.75 Å². The van der Waals surface area contributed by atoms with Gasteiger partial charge in [0, 0.05) is 12.4 Å². The Morgan fingerprint density at radius 1 is 1.45 bits per heavy atom. The van der Waals surface area contributed by atoms with Crippen molar-refractivity contribution < 1.29 is 5.11 Å². The molecule has 0 aliphatic carbocycles. The van der Waals surface area contributed by atoms with Crippen LogP contribution in [-0.4, -0.2) is 14.9 Å². The minimum atomic E-state index is 0.280. The normalized spacial score (nSPS) is 10.6. The monoisotopic (exact) mass is 148 g/mol. The largest absolute Gasteiger partial charge is 0.506 e. The number of nitrogens with zero attached hydrogens (tertiary/aromatic N) is 2. The molecule has 2 rings (SSSR count). The van der Waals surface area contributed by atoms with Gasteiger partial charge < -0.3 is 5.11 Å². The van der Waals surface area contributed by atoms with Crippen LogP contribution < -0.4 is 0 Å². The fourth-order valence-electron chi connectivity index (χ4n) is 1.21. The van der Waals surface area contributed by atoms with Crippen LogP contribution in [0.25, 0.3) is 10.9 Å². The second-order valence-electron chi connectivity index (χ2n) is 2.48. The van der Waals surface area contributed by atoms with Gasteiger partial charge in [-0.05, 0) is 6.07 Å². The number of benzene rings is 1. The molecule has 0 atom stereocenters. The lowest BCUT2D eigenvalue weighted by Gasteiger charge is -1.95. The van der Waals surface area contributed by atoms with E-state index < -0.39 is 0 Å². The summed E-state index contributed by atoms with van der Waals surface area (Å²) >= 11 is 0. The molecule has 1 aromatic heterocycles. The second-order valence-corrected chi connectivity index (χ2v) is 2.48. The van der Waals surface area contributed by atoms with E-state index in [2.05, 4.69) is 5.10 Å². The van der Waals surface area contributed by atoms with Crippen LogP contribution in [0.4, 0.5) is 0 Å². The Balaban J connectivity index is 2.96. The Labute approximate surface area is 63.9 Å². The average Bonchev–Trinajstić information content (AvgIpc) is 2.34. The van der Waals surface area contributed by atoms with Gasteiger partial charge >= 0.3 is 0 Å². The lowest BCUT2D eigenvalue weighted by Crippen LogP contribution is -1.88. The molecule has 0 saturated carbocycles. The molecule has 1 heterocycles. The molecular formula is C8H8N2O. The van der Waals surface area contributed by atoms with Crippen molar-refractivity contribution in [1.29, 1.82) is 0 Å². The summed E-state index contributed by atoms with van der Waals surface area (Å²) in [4.78, 5) is 0. The van der Waals surface area contributed by atoms with E-state index in [1.165, 1.54) is 0 Å². The van der Waals surface area contributed by atoms with Gasteiger partial charge in [-0.25, -0.2) is 0 Å². The topological polar surface area (TPSA) is 38.0 Å². The summed E-state index contributed by atoms with van der Waals surface area (Å²) in [6.07, 6.45) is 1.73. The molecule has 1 N–H and O–H groups in total. The number of hydrogen-bond acceptors (Lipinski definition) is 2.